The minimum atomic E-state index is -0.745. The van der Waals surface area contributed by atoms with Gasteiger partial charge in [-0.25, -0.2) is 8.78 Å². The monoisotopic (exact) mass is 392 g/mol. The third-order valence-corrected chi connectivity index (χ3v) is 4.43. The van der Waals surface area contributed by atoms with Gasteiger partial charge in [0.15, 0.2) is 11.6 Å². The largest absolute Gasteiger partial charge is 0.378 e. The predicted octanol–water partition coefficient (Wildman–Crippen LogP) is 5.32. The fourth-order valence-corrected chi connectivity index (χ4v) is 2.79. The SMILES string of the molecule is CCCCOC1CC=C(c2ccc(I)c(F)c2F)CC1. The van der Waals surface area contributed by atoms with Crippen LogP contribution in [-0.2, 0) is 4.74 Å². The second-order valence-corrected chi connectivity index (χ2v) is 6.24. The predicted molar refractivity (Wildman–Crippen MR) is 85.6 cm³/mol. The summed E-state index contributed by atoms with van der Waals surface area (Å²) in [6.07, 6.45) is 6.82. The number of rotatable bonds is 5. The third-order valence-electron chi connectivity index (χ3n) is 3.60. The van der Waals surface area contributed by atoms with E-state index in [1.807, 2.05) is 6.08 Å². The topological polar surface area (TPSA) is 9.23 Å². The molecule has 0 spiro atoms. The first-order chi connectivity index (χ1) is 9.63. The average Bonchev–Trinajstić information content (AvgIpc) is 2.46. The fraction of sp³-hybridized carbons (Fsp3) is 0.500. The van der Waals surface area contributed by atoms with E-state index < -0.39 is 11.6 Å². The fourth-order valence-electron chi connectivity index (χ4n) is 2.37. The van der Waals surface area contributed by atoms with Gasteiger partial charge in [0.25, 0.3) is 0 Å². The highest BCUT2D eigenvalue weighted by molar-refractivity contribution is 14.1. The molecule has 0 amide bonds. The summed E-state index contributed by atoms with van der Waals surface area (Å²) in [7, 11) is 0. The first-order valence-corrected chi connectivity index (χ1v) is 8.15. The van der Waals surface area contributed by atoms with Gasteiger partial charge < -0.3 is 4.74 Å². The molecule has 0 saturated heterocycles. The molecule has 1 aromatic carbocycles. The van der Waals surface area contributed by atoms with Crippen LogP contribution in [0.15, 0.2) is 18.2 Å². The Labute approximate surface area is 132 Å². The molecule has 0 N–H and O–H groups in total. The number of allylic oxidation sites excluding steroid dienone is 1. The zero-order valence-corrected chi connectivity index (χ0v) is 13.8. The van der Waals surface area contributed by atoms with Crippen LogP contribution in [0.1, 0.15) is 44.6 Å². The van der Waals surface area contributed by atoms with Crippen LogP contribution in [-0.4, -0.2) is 12.7 Å². The molecule has 1 aromatic rings. The lowest BCUT2D eigenvalue weighted by atomic mass is 9.91. The van der Waals surface area contributed by atoms with Crippen molar-refractivity contribution in [1.82, 2.24) is 0 Å². The lowest BCUT2D eigenvalue weighted by Crippen LogP contribution is -2.16. The van der Waals surface area contributed by atoms with Crippen LogP contribution in [0.2, 0.25) is 0 Å². The molecule has 2 rings (SSSR count). The molecule has 0 saturated carbocycles. The number of unbranched alkanes of at least 4 members (excludes halogenated alkanes) is 1. The summed E-state index contributed by atoms with van der Waals surface area (Å²) in [5.41, 5.74) is 1.29. The van der Waals surface area contributed by atoms with E-state index in [2.05, 4.69) is 6.92 Å². The smallest absolute Gasteiger partial charge is 0.172 e. The molecule has 1 nitrogen and oxygen atoms in total. The summed E-state index contributed by atoms with van der Waals surface area (Å²) in [6.45, 7) is 2.92. The van der Waals surface area contributed by atoms with Crippen LogP contribution in [0.5, 0.6) is 0 Å². The number of hydrogen-bond acceptors (Lipinski definition) is 1. The normalized spacial score (nSPS) is 19.0. The molecular formula is C16H19F2IO. The van der Waals surface area contributed by atoms with Crippen molar-refractivity contribution in [3.8, 4) is 0 Å². The molecule has 1 aliphatic carbocycles. The molecule has 4 heteroatoms. The van der Waals surface area contributed by atoms with Gasteiger partial charge in [-0.05, 0) is 59.9 Å². The van der Waals surface area contributed by atoms with Gasteiger partial charge in [0.1, 0.15) is 0 Å². The Morgan fingerprint density at radius 3 is 2.75 bits per heavy atom. The molecule has 0 aliphatic heterocycles. The second-order valence-electron chi connectivity index (χ2n) is 5.07. The number of ether oxygens (including phenoxy) is 1. The van der Waals surface area contributed by atoms with E-state index in [0.717, 1.165) is 44.3 Å². The van der Waals surface area contributed by atoms with Crippen LogP contribution in [0.3, 0.4) is 0 Å². The van der Waals surface area contributed by atoms with E-state index in [4.69, 9.17) is 4.74 Å². The minimum absolute atomic E-state index is 0.224. The Hall–Kier alpha value is -0.490. The van der Waals surface area contributed by atoms with Crippen molar-refractivity contribution in [1.29, 1.82) is 0 Å². The van der Waals surface area contributed by atoms with Crippen LogP contribution >= 0.6 is 22.6 Å². The zero-order chi connectivity index (χ0) is 14.5. The van der Waals surface area contributed by atoms with Crippen molar-refractivity contribution in [3.05, 3.63) is 39.0 Å². The molecule has 20 heavy (non-hydrogen) atoms. The van der Waals surface area contributed by atoms with Gasteiger partial charge in [-0.1, -0.05) is 25.5 Å². The van der Waals surface area contributed by atoms with Crippen molar-refractivity contribution in [2.24, 2.45) is 0 Å². The molecule has 0 fully saturated rings. The Balaban J connectivity index is 2.03. The summed E-state index contributed by atoms with van der Waals surface area (Å²) in [5.74, 6) is -1.47. The summed E-state index contributed by atoms with van der Waals surface area (Å²) in [4.78, 5) is 0. The van der Waals surface area contributed by atoms with E-state index in [9.17, 15) is 8.78 Å². The van der Waals surface area contributed by atoms with Crippen LogP contribution in [0, 0.1) is 15.2 Å². The molecule has 0 aromatic heterocycles. The highest BCUT2D eigenvalue weighted by Crippen LogP contribution is 2.31. The standard InChI is InChI=1S/C16H19F2IO/c1-2-3-10-20-12-6-4-11(5-7-12)13-8-9-14(19)16(18)15(13)17/h4,8-9,12H,2-3,5-7,10H2,1H3. The number of hydrogen-bond donors (Lipinski definition) is 0. The third kappa shape index (κ3) is 3.79. The van der Waals surface area contributed by atoms with Gasteiger partial charge in [-0.2, -0.15) is 0 Å². The molecule has 1 atom stereocenters. The van der Waals surface area contributed by atoms with E-state index in [0.29, 0.717) is 9.13 Å². The zero-order valence-electron chi connectivity index (χ0n) is 11.6. The van der Waals surface area contributed by atoms with Gasteiger partial charge in [-0.15, -0.1) is 0 Å². The molecule has 0 heterocycles. The van der Waals surface area contributed by atoms with Crippen molar-refractivity contribution in [3.63, 3.8) is 0 Å². The molecular weight excluding hydrogens is 373 g/mol. The lowest BCUT2D eigenvalue weighted by Gasteiger charge is -2.23. The summed E-state index contributed by atoms with van der Waals surface area (Å²) < 4.78 is 33.6. The first-order valence-electron chi connectivity index (χ1n) is 7.08. The van der Waals surface area contributed by atoms with Crippen LogP contribution < -0.4 is 0 Å². The highest BCUT2D eigenvalue weighted by Gasteiger charge is 2.20. The van der Waals surface area contributed by atoms with Gasteiger partial charge in [0.2, 0.25) is 0 Å². The van der Waals surface area contributed by atoms with Gasteiger partial charge in [-0.3, -0.25) is 0 Å². The van der Waals surface area contributed by atoms with E-state index >= 15 is 0 Å². The van der Waals surface area contributed by atoms with Crippen molar-refractivity contribution >= 4 is 28.2 Å². The lowest BCUT2D eigenvalue weighted by molar-refractivity contribution is 0.0466. The Kier molecular flexibility index (Phi) is 5.96. The summed E-state index contributed by atoms with van der Waals surface area (Å²) >= 11 is 1.80. The molecule has 110 valence electrons. The highest BCUT2D eigenvalue weighted by atomic mass is 127. The Morgan fingerprint density at radius 2 is 2.10 bits per heavy atom. The molecule has 0 bridgehead atoms. The minimum Gasteiger partial charge on any atom is -0.378 e. The summed E-state index contributed by atoms with van der Waals surface area (Å²) in [5, 5.41) is 0. The Morgan fingerprint density at radius 1 is 1.30 bits per heavy atom. The van der Waals surface area contributed by atoms with Crippen LogP contribution in [0.25, 0.3) is 5.57 Å². The maximum atomic E-state index is 13.9. The average molecular weight is 392 g/mol. The maximum Gasteiger partial charge on any atom is 0.172 e. The van der Waals surface area contributed by atoms with Crippen molar-refractivity contribution in [2.75, 3.05) is 6.61 Å². The van der Waals surface area contributed by atoms with Crippen molar-refractivity contribution in [2.45, 2.75) is 45.1 Å². The quantitative estimate of drug-likeness (QED) is 0.374. The van der Waals surface area contributed by atoms with Crippen LogP contribution in [0.4, 0.5) is 8.78 Å². The van der Waals surface area contributed by atoms with Crippen molar-refractivity contribution < 1.29 is 13.5 Å². The second kappa shape index (κ2) is 7.50. The van der Waals surface area contributed by atoms with Gasteiger partial charge in [0.05, 0.1) is 9.67 Å². The maximum absolute atomic E-state index is 13.9. The number of halogens is 3. The van der Waals surface area contributed by atoms with E-state index in [1.165, 1.54) is 0 Å². The number of benzene rings is 1. The van der Waals surface area contributed by atoms with E-state index in [-0.39, 0.29) is 6.10 Å². The van der Waals surface area contributed by atoms with Gasteiger partial charge in [0, 0.05) is 12.2 Å². The Bertz CT molecular complexity index is 499. The molecule has 0 radical (unpaired) electrons. The molecule has 1 aliphatic rings. The first kappa shape index (κ1) is 15.9. The van der Waals surface area contributed by atoms with Gasteiger partial charge >= 0.3 is 0 Å². The molecule has 1 unspecified atom stereocenters. The summed E-state index contributed by atoms with van der Waals surface area (Å²) in [6, 6.07) is 3.29. The van der Waals surface area contributed by atoms with E-state index in [1.54, 1.807) is 34.7 Å².